The van der Waals surface area contributed by atoms with E-state index in [0.717, 1.165) is 29.1 Å². The Morgan fingerprint density at radius 2 is 1.79 bits per heavy atom. The van der Waals surface area contributed by atoms with Gasteiger partial charge in [-0.1, -0.05) is 45.4 Å². The number of aromatic nitrogens is 1. The number of anilines is 2. The topological polar surface area (TPSA) is 131 Å². The molecule has 8 nitrogen and oxygen atoms in total. The van der Waals surface area contributed by atoms with E-state index in [-0.39, 0.29) is 28.1 Å². The molecular formula is C24H35N5O3S. The summed E-state index contributed by atoms with van der Waals surface area (Å²) in [4.78, 5) is 40.4. The molecule has 0 aliphatic rings. The Bertz CT molecular complexity index is 1020. The average Bonchev–Trinajstić information content (AvgIpc) is 3.09. The second-order valence-corrected chi connectivity index (χ2v) is 10.00. The summed E-state index contributed by atoms with van der Waals surface area (Å²) in [6.07, 6.45) is 1.29. The summed E-state index contributed by atoms with van der Waals surface area (Å²) in [5, 5.41) is 2.99. The minimum Gasteiger partial charge on any atom is -0.395 e. The average molecular weight is 474 g/mol. The second-order valence-electron chi connectivity index (χ2n) is 9.22. The van der Waals surface area contributed by atoms with Crippen molar-refractivity contribution >= 4 is 40.6 Å². The largest absolute Gasteiger partial charge is 0.395 e. The SMILES string of the molecule is Cc1ccc(N(C(=O)c2snc(C(N)=O)c2N)[C@H](CC(C)C)C(=O)NCCC(C)C)c(C)c1. The fourth-order valence-corrected chi connectivity index (χ4v) is 4.35. The molecule has 3 amide bonds. The molecule has 0 aliphatic heterocycles. The number of primary amides is 1. The number of benzene rings is 1. The summed E-state index contributed by atoms with van der Waals surface area (Å²) >= 11 is 0.816. The highest BCUT2D eigenvalue weighted by atomic mass is 32.1. The highest BCUT2D eigenvalue weighted by molar-refractivity contribution is 7.09. The van der Waals surface area contributed by atoms with Gasteiger partial charge in [0.15, 0.2) is 5.69 Å². The maximum Gasteiger partial charge on any atom is 0.272 e. The Balaban J connectivity index is 2.58. The second kappa shape index (κ2) is 11.3. The lowest BCUT2D eigenvalue weighted by atomic mass is 9.98. The van der Waals surface area contributed by atoms with E-state index in [2.05, 4.69) is 23.5 Å². The minimum atomic E-state index is -0.800. The normalized spacial score (nSPS) is 12.1. The number of amides is 3. The van der Waals surface area contributed by atoms with Crippen LogP contribution in [0.4, 0.5) is 11.4 Å². The number of aryl methyl sites for hydroxylation is 2. The standard InChI is InChI=1S/C24H35N5O3S/c1-13(2)9-10-27-23(31)18(11-14(3)4)29(17-8-7-15(5)12-16(17)6)24(32)21-19(25)20(22(26)30)28-33-21/h7-8,12-14,18H,9-11,25H2,1-6H3,(H2,26,30)(H,27,31)/t18-/m1/s1. The molecule has 0 aliphatic carbocycles. The van der Waals surface area contributed by atoms with E-state index in [1.165, 1.54) is 4.90 Å². The van der Waals surface area contributed by atoms with Gasteiger partial charge in [-0.05, 0) is 61.7 Å². The monoisotopic (exact) mass is 473 g/mol. The molecule has 1 aromatic carbocycles. The zero-order valence-corrected chi connectivity index (χ0v) is 21.1. The number of nitrogens with zero attached hydrogens (tertiary/aromatic N) is 2. The van der Waals surface area contributed by atoms with Crippen molar-refractivity contribution in [1.29, 1.82) is 0 Å². The summed E-state index contributed by atoms with van der Waals surface area (Å²) in [5.41, 5.74) is 13.7. The fourth-order valence-electron chi connectivity index (χ4n) is 3.61. The van der Waals surface area contributed by atoms with Crippen LogP contribution in [0.25, 0.3) is 0 Å². The predicted octanol–water partition coefficient (Wildman–Crippen LogP) is 3.66. The number of nitrogen functional groups attached to an aromatic ring is 1. The minimum absolute atomic E-state index is 0.0595. The predicted molar refractivity (Wildman–Crippen MR) is 133 cm³/mol. The lowest BCUT2D eigenvalue weighted by molar-refractivity contribution is -0.122. The number of hydrogen-bond acceptors (Lipinski definition) is 6. The van der Waals surface area contributed by atoms with Gasteiger partial charge in [0.2, 0.25) is 5.91 Å². The van der Waals surface area contributed by atoms with Crippen LogP contribution in [0.15, 0.2) is 18.2 Å². The molecule has 0 saturated carbocycles. The molecule has 2 aromatic rings. The first-order valence-electron chi connectivity index (χ1n) is 11.2. The van der Waals surface area contributed by atoms with Gasteiger partial charge in [0.25, 0.3) is 11.8 Å². The molecule has 0 bridgehead atoms. The van der Waals surface area contributed by atoms with Gasteiger partial charge in [0.1, 0.15) is 10.9 Å². The Morgan fingerprint density at radius 3 is 2.30 bits per heavy atom. The van der Waals surface area contributed by atoms with Crippen LogP contribution in [0.3, 0.4) is 0 Å². The zero-order chi connectivity index (χ0) is 24.9. The van der Waals surface area contributed by atoms with Crippen molar-refractivity contribution in [3.63, 3.8) is 0 Å². The smallest absolute Gasteiger partial charge is 0.272 e. The first-order valence-corrected chi connectivity index (χ1v) is 11.9. The molecule has 5 N–H and O–H groups in total. The summed E-state index contributed by atoms with van der Waals surface area (Å²) < 4.78 is 3.98. The van der Waals surface area contributed by atoms with Crippen LogP contribution in [0.1, 0.15) is 71.8 Å². The van der Waals surface area contributed by atoms with E-state index in [1.807, 2.05) is 45.9 Å². The number of hydrogen-bond donors (Lipinski definition) is 3. The maximum absolute atomic E-state index is 13.8. The molecule has 180 valence electrons. The van der Waals surface area contributed by atoms with Crippen LogP contribution < -0.4 is 21.7 Å². The van der Waals surface area contributed by atoms with Crippen LogP contribution >= 0.6 is 11.5 Å². The van der Waals surface area contributed by atoms with Gasteiger partial charge in [-0.2, -0.15) is 4.37 Å². The lowest BCUT2D eigenvalue weighted by Crippen LogP contribution is -2.51. The molecule has 33 heavy (non-hydrogen) atoms. The molecule has 0 fully saturated rings. The third kappa shape index (κ3) is 6.54. The Kier molecular flexibility index (Phi) is 8.99. The molecule has 0 saturated heterocycles. The summed E-state index contributed by atoms with van der Waals surface area (Å²) in [6, 6.07) is 4.94. The van der Waals surface area contributed by atoms with Crippen LogP contribution in [0, 0.1) is 25.7 Å². The number of carbonyl (C=O) groups is 3. The van der Waals surface area contributed by atoms with Gasteiger partial charge >= 0.3 is 0 Å². The first kappa shape index (κ1) is 26.3. The van der Waals surface area contributed by atoms with Crippen LogP contribution in [-0.4, -0.2) is 34.7 Å². The highest BCUT2D eigenvalue weighted by Gasteiger charge is 2.35. The summed E-state index contributed by atoms with van der Waals surface area (Å²) in [7, 11) is 0. The highest BCUT2D eigenvalue weighted by Crippen LogP contribution is 2.31. The van der Waals surface area contributed by atoms with Crippen molar-refractivity contribution in [2.45, 2.75) is 60.4 Å². The fraction of sp³-hybridized carbons (Fsp3) is 0.500. The third-order valence-corrected chi connectivity index (χ3v) is 6.17. The van der Waals surface area contributed by atoms with E-state index >= 15 is 0 Å². The first-order chi connectivity index (χ1) is 15.4. The van der Waals surface area contributed by atoms with Crippen molar-refractivity contribution in [2.24, 2.45) is 17.6 Å². The van der Waals surface area contributed by atoms with E-state index in [1.54, 1.807) is 0 Å². The summed E-state index contributed by atoms with van der Waals surface area (Å²) in [6.45, 7) is 12.6. The van der Waals surface area contributed by atoms with Gasteiger partial charge in [0, 0.05) is 12.2 Å². The third-order valence-electron chi connectivity index (χ3n) is 5.32. The van der Waals surface area contributed by atoms with Gasteiger partial charge in [0.05, 0.1) is 5.69 Å². The van der Waals surface area contributed by atoms with Gasteiger partial charge in [-0.25, -0.2) is 0 Å². The van der Waals surface area contributed by atoms with E-state index in [0.29, 0.717) is 24.6 Å². The van der Waals surface area contributed by atoms with Crippen LogP contribution in [-0.2, 0) is 4.79 Å². The molecule has 0 radical (unpaired) electrons. The van der Waals surface area contributed by atoms with Crippen molar-refractivity contribution in [2.75, 3.05) is 17.2 Å². The summed E-state index contributed by atoms with van der Waals surface area (Å²) in [5.74, 6) is -0.918. The van der Waals surface area contributed by atoms with Crippen LogP contribution in [0.5, 0.6) is 0 Å². The van der Waals surface area contributed by atoms with Crippen molar-refractivity contribution in [1.82, 2.24) is 9.69 Å². The van der Waals surface area contributed by atoms with Crippen molar-refractivity contribution in [3.05, 3.63) is 39.9 Å². The van der Waals surface area contributed by atoms with E-state index < -0.39 is 17.9 Å². The van der Waals surface area contributed by atoms with Crippen LogP contribution in [0.2, 0.25) is 0 Å². The molecule has 2 rings (SSSR count). The number of carbonyl (C=O) groups excluding carboxylic acids is 3. The number of nitrogens with one attached hydrogen (secondary N) is 1. The van der Waals surface area contributed by atoms with Crippen molar-refractivity contribution < 1.29 is 14.4 Å². The maximum atomic E-state index is 13.8. The molecule has 9 heteroatoms. The zero-order valence-electron chi connectivity index (χ0n) is 20.3. The van der Waals surface area contributed by atoms with Gasteiger partial charge in [-0.15, -0.1) is 0 Å². The molecule has 1 heterocycles. The van der Waals surface area contributed by atoms with Crippen molar-refractivity contribution in [3.8, 4) is 0 Å². The Morgan fingerprint density at radius 1 is 1.12 bits per heavy atom. The molecule has 1 aromatic heterocycles. The van der Waals surface area contributed by atoms with Gasteiger partial charge < -0.3 is 16.8 Å². The molecule has 0 spiro atoms. The Labute approximate surface area is 199 Å². The molecular weight excluding hydrogens is 438 g/mol. The van der Waals surface area contributed by atoms with E-state index in [4.69, 9.17) is 11.5 Å². The van der Waals surface area contributed by atoms with Gasteiger partial charge in [-0.3, -0.25) is 19.3 Å². The number of rotatable bonds is 10. The molecule has 0 unspecified atom stereocenters. The Hall–Kier alpha value is -2.94. The van der Waals surface area contributed by atoms with E-state index in [9.17, 15) is 14.4 Å². The number of nitrogens with two attached hydrogens (primary N) is 2. The quantitative estimate of drug-likeness (QED) is 0.484. The molecule has 1 atom stereocenters. The lowest BCUT2D eigenvalue weighted by Gasteiger charge is -2.33.